The average molecular weight is 422 g/mol. The van der Waals surface area contributed by atoms with Gasteiger partial charge in [-0.2, -0.15) is 0 Å². The Morgan fingerprint density at radius 3 is 2.67 bits per heavy atom. The van der Waals surface area contributed by atoms with Crippen molar-refractivity contribution >= 4 is 39.3 Å². The van der Waals surface area contributed by atoms with Crippen LogP contribution in [0.2, 0.25) is 0 Å². The Morgan fingerprint density at radius 1 is 1.10 bits per heavy atom. The summed E-state index contributed by atoms with van der Waals surface area (Å²) in [5.41, 5.74) is 1.36. The first-order valence-electron chi connectivity index (χ1n) is 9.28. The van der Waals surface area contributed by atoms with Crippen molar-refractivity contribution in [3.63, 3.8) is 0 Å². The topological polar surface area (TPSA) is 90.7 Å². The minimum absolute atomic E-state index is 0.139. The van der Waals surface area contributed by atoms with Gasteiger partial charge in [-0.1, -0.05) is 36.4 Å². The fourth-order valence-corrected chi connectivity index (χ4v) is 3.56. The minimum Gasteiger partial charge on any atom is -0.489 e. The molecule has 30 heavy (non-hydrogen) atoms. The van der Waals surface area contributed by atoms with E-state index in [4.69, 9.17) is 13.9 Å². The third-order valence-electron chi connectivity index (χ3n) is 4.24. The zero-order valence-electron chi connectivity index (χ0n) is 16.1. The molecule has 0 aliphatic carbocycles. The summed E-state index contributed by atoms with van der Waals surface area (Å²) in [5, 5.41) is 5.29. The number of thiazole rings is 1. The fraction of sp³-hybridized carbons (Fsp3) is 0.136. The second-order valence-electron chi connectivity index (χ2n) is 6.22. The van der Waals surface area contributed by atoms with Crippen molar-refractivity contribution in [3.05, 3.63) is 77.0 Å². The van der Waals surface area contributed by atoms with Crippen LogP contribution in [-0.2, 0) is 11.3 Å². The van der Waals surface area contributed by atoms with Crippen molar-refractivity contribution in [1.82, 2.24) is 4.98 Å². The van der Waals surface area contributed by atoms with Gasteiger partial charge in [0.25, 0.3) is 5.91 Å². The molecule has 7 nitrogen and oxygen atoms in total. The van der Waals surface area contributed by atoms with E-state index in [0.717, 1.165) is 16.7 Å². The Kier molecular flexibility index (Phi) is 5.76. The zero-order chi connectivity index (χ0) is 20.9. The Hall–Kier alpha value is -3.65. The molecule has 2 aromatic heterocycles. The molecule has 2 aromatic carbocycles. The van der Waals surface area contributed by atoms with Crippen molar-refractivity contribution in [1.29, 1.82) is 0 Å². The van der Waals surface area contributed by atoms with E-state index in [1.807, 2.05) is 48.5 Å². The van der Waals surface area contributed by atoms with Crippen molar-refractivity contribution in [2.24, 2.45) is 0 Å². The molecule has 8 heteroatoms. The number of nitrogens with one attached hydrogen (secondary N) is 1. The number of esters is 1. The molecule has 0 spiro atoms. The molecule has 0 bridgehead atoms. The van der Waals surface area contributed by atoms with Crippen LogP contribution >= 0.6 is 11.3 Å². The van der Waals surface area contributed by atoms with Gasteiger partial charge in [0.2, 0.25) is 0 Å². The lowest BCUT2D eigenvalue weighted by Gasteiger charge is -2.07. The van der Waals surface area contributed by atoms with Gasteiger partial charge in [-0.3, -0.25) is 10.1 Å². The summed E-state index contributed by atoms with van der Waals surface area (Å²) in [7, 11) is 0. The lowest BCUT2D eigenvalue weighted by Crippen LogP contribution is -2.14. The summed E-state index contributed by atoms with van der Waals surface area (Å²) in [5.74, 6) is -0.175. The molecule has 0 fully saturated rings. The number of aromatic nitrogens is 1. The smallest absolute Gasteiger partial charge is 0.357 e. The van der Waals surface area contributed by atoms with Crippen LogP contribution in [0, 0.1) is 0 Å². The molecule has 2 heterocycles. The molecule has 4 rings (SSSR count). The van der Waals surface area contributed by atoms with Gasteiger partial charge in [-0.15, -0.1) is 11.3 Å². The first kappa shape index (κ1) is 19.7. The first-order valence-corrected chi connectivity index (χ1v) is 10.2. The first-order chi connectivity index (χ1) is 14.7. The number of amides is 1. The van der Waals surface area contributed by atoms with Gasteiger partial charge in [0.15, 0.2) is 16.6 Å². The molecule has 0 radical (unpaired) electrons. The fourth-order valence-electron chi connectivity index (χ4n) is 2.88. The summed E-state index contributed by atoms with van der Waals surface area (Å²) >= 11 is 1.13. The third-order valence-corrected chi connectivity index (χ3v) is 5.00. The molecule has 0 saturated carbocycles. The Labute approximate surface area is 176 Å². The number of fused-ring (bicyclic) bond motifs is 1. The van der Waals surface area contributed by atoms with E-state index in [1.165, 1.54) is 5.38 Å². The van der Waals surface area contributed by atoms with E-state index in [9.17, 15) is 9.59 Å². The highest BCUT2D eigenvalue weighted by Gasteiger charge is 2.22. The van der Waals surface area contributed by atoms with Crippen molar-refractivity contribution in [3.8, 4) is 5.75 Å². The summed E-state index contributed by atoms with van der Waals surface area (Å²) in [6.07, 6.45) is 0. The summed E-state index contributed by atoms with van der Waals surface area (Å²) < 4.78 is 16.6. The highest BCUT2D eigenvalue weighted by molar-refractivity contribution is 7.14. The zero-order valence-corrected chi connectivity index (χ0v) is 16.9. The molecule has 0 atom stereocenters. The highest BCUT2D eigenvalue weighted by atomic mass is 32.1. The number of carbonyl (C=O) groups is 2. The van der Waals surface area contributed by atoms with Crippen LogP contribution in [-0.4, -0.2) is 23.5 Å². The van der Waals surface area contributed by atoms with Gasteiger partial charge in [0.1, 0.15) is 17.9 Å². The van der Waals surface area contributed by atoms with Crippen LogP contribution in [0.5, 0.6) is 5.75 Å². The lowest BCUT2D eigenvalue weighted by molar-refractivity contribution is 0.0520. The van der Waals surface area contributed by atoms with Gasteiger partial charge in [-0.25, -0.2) is 9.78 Å². The number of benzene rings is 2. The molecule has 4 aromatic rings. The number of carbonyl (C=O) groups excluding carboxylic acids is 2. The average Bonchev–Trinajstić information content (AvgIpc) is 3.38. The monoisotopic (exact) mass is 422 g/mol. The molecular formula is C22H18N2O5S. The summed E-state index contributed by atoms with van der Waals surface area (Å²) in [6, 6.07) is 16.7. The number of para-hydroxylation sites is 2. The Bertz CT molecular complexity index is 1180. The van der Waals surface area contributed by atoms with Crippen LogP contribution in [0.1, 0.15) is 33.5 Å². The molecule has 1 amide bonds. The van der Waals surface area contributed by atoms with Crippen LogP contribution in [0.25, 0.3) is 11.0 Å². The summed E-state index contributed by atoms with van der Waals surface area (Å²) in [6.45, 7) is 2.13. The van der Waals surface area contributed by atoms with E-state index in [2.05, 4.69) is 10.3 Å². The second kappa shape index (κ2) is 8.79. The normalized spacial score (nSPS) is 10.7. The highest BCUT2D eigenvalue weighted by Crippen LogP contribution is 2.28. The predicted molar refractivity (Wildman–Crippen MR) is 113 cm³/mol. The Balaban J connectivity index is 1.58. The number of hydrogen-bond acceptors (Lipinski definition) is 7. The third kappa shape index (κ3) is 4.18. The van der Waals surface area contributed by atoms with E-state index < -0.39 is 11.9 Å². The molecule has 1 N–H and O–H groups in total. The maximum atomic E-state index is 12.9. The van der Waals surface area contributed by atoms with Crippen molar-refractivity contribution in [2.45, 2.75) is 13.5 Å². The van der Waals surface area contributed by atoms with Gasteiger partial charge in [0.05, 0.1) is 6.61 Å². The van der Waals surface area contributed by atoms with E-state index in [1.54, 1.807) is 13.0 Å². The van der Waals surface area contributed by atoms with Crippen LogP contribution in [0.3, 0.4) is 0 Å². The lowest BCUT2D eigenvalue weighted by atomic mass is 10.1. The van der Waals surface area contributed by atoms with Gasteiger partial charge >= 0.3 is 5.97 Å². The molecule has 0 saturated heterocycles. The Morgan fingerprint density at radius 2 is 1.87 bits per heavy atom. The minimum atomic E-state index is -0.532. The number of furan rings is 1. The number of rotatable bonds is 7. The van der Waals surface area contributed by atoms with E-state index in [0.29, 0.717) is 16.9 Å². The summed E-state index contributed by atoms with van der Waals surface area (Å²) in [4.78, 5) is 28.8. The standard InChI is InChI=1S/C22H18N2O5S/c1-2-27-21(26)17-13-30-22(23-17)24-20(25)19-16(12-28-14-8-4-3-5-9-14)15-10-6-7-11-18(15)29-19/h3-11,13H,2,12H2,1H3,(H,23,24,25). The SMILES string of the molecule is CCOC(=O)c1csc(NC(=O)c2oc3ccccc3c2COc2ccccc2)n1. The predicted octanol–water partition coefficient (Wildman–Crippen LogP) is 4.90. The maximum Gasteiger partial charge on any atom is 0.357 e. The number of ether oxygens (including phenoxy) is 2. The number of anilines is 1. The van der Waals surface area contributed by atoms with E-state index >= 15 is 0 Å². The number of hydrogen-bond donors (Lipinski definition) is 1. The van der Waals surface area contributed by atoms with Gasteiger partial charge in [0, 0.05) is 16.3 Å². The molecule has 0 aliphatic heterocycles. The molecule has 152 valence electrons. The maximum absolute atomic E-state index is 12.9. The van der Waals surface area contributed by atoms with Crippen LogP contribution in [0.4, 0.5) is 5.13 Å². The van der Waals surface area contributed by atoms with E-state index in [-0.39, 0.29) is 29.8 Å². The molecule has 0 aliphatic rings. The number of nitrogens with zero attached hydrogens (tertiary/aromatic N) is 1. The van der Waals surface area contributed by atoms with Crippen molar-refractivity contribution < 1.29 is 23.5 Å². The van der Waals surface area contributed by atoms with Crippen LogP contribution in [0.15, 0.2) is 64.4 Å². The van der Waals surface area contributed by atoms with Crippen LogP contribution < -0.4 is 10.1 Å². The molecule has 0 unspecified atom stereocenters. The quantitative estimate of drug-likeness (QED) is 0.426. The molecular weight excluding hydrogens is 404 g/mol. The largest absolute Gasteiger partial charge is 0.489 e. The van der Waals surface area contributed by atoms with Gasteiger partial charge < -0.3 is 13.9 Å². The van der Waals surface area contributed by atoms with Crippen molar-refractivity contribution in [2.75, 3.05) is 11.9 Å². The second-order valence-corrected chi connectivity index (χ2v) is 7.08. The van der Waals surface area contributed by atoms with Gasteiger partial charge in [-0.05, 0) is 25.1 Å².